The van der Waals surface area contributed by atoms with Crippen molar-refractivity contribution in [3.05, 3.63) is 65.7 Å². The Morgan fingerprint density at radius 1 is 1.44 bits per heavy atom. The van der Waals surface area contributed by atoms with Crippen LogP contribution in [0.1, 0.15) is 26.0 Å². The number of ether oxygens (including phenoxy) is 1. The average Bonchev–Trinajstić information content (AvgIpc) is 3.16. The molecule has 1 aromatic carbocycles. The lowest BCUT2D eigenvalue weighted by Gasteiger charge is -2.26. The summed E-state index contributed by atoms with van der Waals surface area (Å²) in [6, 6.07) is 9.64. The number of hydrogen-bond donors (Lipinski definition) is 3. The molecule has 1 aliphatic rings. The molecule has 1 aliphatic heterocycles. The van der Waals surface area contributed by atoms with Crippen molar-refractivity contribution < 1.29 is 33.7 Å². The quantitative estimate of drug-likeness (QED) is 0.237. The first-order valence-corrected chi connectivity index (χ1v) is 11.4. The van der Waals surface area contributed by atoms with Crippen LogP contribution in [0.3, 0.4) is 0 Å². The van der Waals surface area contributed by atoms with Crippen molar-refractivity contribution in [3.63, 3.8) is 0 Å². The Hall–Kier alpha value is -3.15. The molecule has 2 unspecified atom stereocenters. The maximum absolute atomic E-state index is 13.1. The maximum Gasteiger partial charge on any atom is 0.653 e. The number of aromatic nitrogens is 2. The molecule has 2 heterocycles. The van der Waals surface area contributed by atoms with Crippen LogP contribution >= 0.6 is 8.18 Å². The Morgan fingerprint density at radius 3 is 2.76 bits per heavy atom. The van der Waals surface area contributed by atoms with Crippen molar-refractivity contribution in [3.8, 4) is 5.75 Å². The maximum atomic E-state index is 13.1. The Bertz CT molecular complexity index is 1100. The molecular formula is C21H26N4O8P+. The molecule has 182 valence electrons. The van der Waals surface area contributed by atoms with Gasteiger partial charge >= 0.3 is 19.8 Å². The zero-order valence-electron chi connectivity index (χ0n) is 18.4. The number of hydroxylamine groups is 1. The number of nitrogen functional groups attached to an aromatic ring is 1. The van der Waals surface area contributed by atoms with Gasteiger partial charge in [0.05, 0.1) is 6.10 Å². The molecule has 5 atom stereocenters. The second kappa shape index (κ2) is 10.9. The SMILES string of the molecule is C=CCC(C)(C(=O)O)N(Oc1ccccc1)[P+](=O)OC[C@H]1O[C@@H](n2ccc(N)nc2=O)C[C@@H]1O. The van der Waals surface area contributed by atoms with Crippen LogP contribution in [0.5, 0.6) is 5.75 Å². The number of benzene rings is 1. The summed E-state index contributed by atoms with van der Waals surface area (Å²) in [6.45, 7) is 4.54. The molecule has 1 aromatic heterocycles. The van der Waals surface area contributed by atoms with Gasteiger partial charge in [-0.15, -0.1) is 11.1 Å². The van der Waals surface area contributed by atoms with Crippen molar-refractivity contribution >= 4 is 20.0 Å². The molecule has 34 heavy (non-hydrogen) atoms. The molecule has 0 aliphatic carbocycles. The van der Waals surface area contributed by atoms with Crippen LogP contribution in [0.4, 0.5) is 5.82 Å². The molecule has 0 amide bonds. The van der Waals surface area contributed by atoms with Crippen LogP contribution in [-0.2, 0) is 18.6 Å². The minimum absolute atomic E-state index is 0.0520. The van der Waals surface area contributed by atoms with E-state index in [-0.39, 0.29) is 31.0 Å². The van der Waals surface area contributed by atoms with Crippen LogP contribution in [-0.4, -0.2) is 54.9 Å². The number of hydrogen-bond acceptors (Lipinski definition) is 9. The van der Waals surface area contributed by atoms with Gasteiger partial charge in [0.2, 0.25) is 5.54 Å². The summed E-state index contributed by atoms with van der Waals surface area (Å²) in [4.78, 5) is 34.1. The van der Waals surface area contributed by atoms with Crippen molar-refractivity contribution in [2.24, 2.45) is 0 Å². The van der Waals surface area contributed by atoms with Gasteiger partial charge in [0.25, 0.3) is 0 Å². The van der Waals surface area contributed by atoms with E-state index in [1.807, 2.05) is 0 Å². The highest BCUT2D eigenvalue weighted by atomic mass is 31.1. The van der Waals surface area contributed by atoms with Gasteiger partial charge in [-0.05, 0) is 29.7 Å². The number of para-hydroxylation sites is 1. The van der Waals surface area contributed by atoms with Crippen LogP contribution < -0.4 is 16.3 Å². The van der Waals surface area contributed by atoms with E-state index in [1.165, 1.54) is 29.8 Å². The summed E-state index contributed by atoms with van der Waals surface area (Å²) >= 11 is 0. The molecular weight excluding hydrogens is 467 g/mol. The Kier molecular flexibility index (Phi) is 8.13. The zero-order chi connectivity index (χ0) is 24.9. The highest BCUT2D eigenvalue weighted by Gasteiger charge is 2.55. The lowest BCUT2D eigenvalue weighted by molar-refractivity contribution is -0.161. The van der Waals surface area contributed by atoms with Crippen molar-refractivity contribution in [2.45, 2.75) is 43.7 Å². The van der Waals surface area contributed by atoms with Crippen molar-refractivity contribution in [1.29, 1.82) is 0 Å². The van der Waals surface area contributed by atoms with E-state index >= 15 is 0 Å². The van der Waals surface area contributed by atoms with Gasteiger partial charge in [0.15, 0.2) is 5.75 Å². The van der Waals surface area contributed by atoms with Gasteiger partial charge in [0, 0.05) is 19.0 Å². The van der Waals surface area contributed by atoms with E-state index in [0.717, 1.165) is 4.83 Å². The average molecular weight is 493 g/mol. The highest BCUT2D eigenvalue weighted by Crippen LogP contribution is 2.40. The third-order valence-corrected chi connectivity index (χ3v) is 6.41. The molecule has 0 radical (unpaired) electrons. The van der Waals surface area contributed by atoms with Crippen LogP contribution in [0.2, 0.25) is 0 Å². The van der Waals surface area contributed by atoms with Gasteiger partial charge in [0.1, 0.15) is 29.6 Å². The second-order valence-corrected chi connectivity index (χ2v) is 8.85. The molecule has 1 fully saturated rings. The van der Waals surface area contributed by atoms with E-state index in [1.54, 1.807) is 30.3 Å². The van der Waals surface area contributed by atoms with Gasteiger partial charge in [-0.25, -0.2) is 9.59 Å². The predicted octanol–water partition coefficient (Wildman–Crippen LogP) is 1.86. The number of aliphatic hydroxyl groups is 1. The lowest BCUT2D eigenvalue weighted by atomic mass is 10.00. The van der Waals surface area contributed by atoms with E-state index in [4.69, 9.17) is 19.8 Å². The monoisotopic (exact) mass is 493 g/mol. The smallest absolute Gasteiger partial charge is 0.480 e. The second-order valence-electron chi connectivity index (χ2n) is 7.76. The summed E-state index contributed by atoms with van der Waals surface area (Å²) < 4.78 is 25.4. The number of nitrogens with zero attached hydrogens (tertiary/aromatic N) is 3. The predicted molar refractivity (Wildman–Crippen MR) is 121 cm³/mol. The first-order valence-electron chi connectivity index (χ1n) is 10.3. The van der Waals surface area contributed by atoms with Crippen molar-refractivity contribution in [1.82, 2.24) is 14.4 Å². The van der Waals surface area contributed by atoms with Crippen molar-refractivity contribution in [2.75, 3.05) is 12.3 Å². The standard InChI is InChI=1S/C21H25N4O8P/c1-3-10-21(2,19(27)28)25(33-14-7-5-4-6-8-14)34(30)31-13-16-15(26)12-18(32-16)24-11-9-17(22)23-20(24)29/h3-9,11,15-16,18,26H,1,10,12-13H2,2H3,(H2-,22,23,27,28,29)/p+1/t15-,16+,18+,21?/m0/s1. The Labute approximate surface area is 196 Å². The largest absolute Gasteiger partial charge is 0.653 e. The van der Waals surface area contributed by atoms with Crippen LogP contribution in [0.25, 0.3) is 0 Å². The number of carboxylic acids is 1. The fourth-order valence-corrected chi connectivity index (χ4v) is 4.36. The number of rotatable bonds is 11. The van der Waals surface area contributed by atoms with E-state index in [0.29, 0.717) is 0 Å². The number of nitrogens with two attached hydrogens (primary N) is 1. The third kappa shape index (κ3) is 5.66. The molecule has 13 heteroatoms. The number of aliphatic hydroxyl groups excluding tert-OH is 1. The summed E-state index contributed by atoms with van der Waals surface area (Å²) in [5.41, 5.74) is 3.07. The van der Waals surface area contributed by atoms with Gasteiger partial charge in [-0.1, -0.05) is 24.3 Å². The lowest BCUT2D eigenvalue weighted by Crippen LogP contribution is -2.50. The summed E-state index contributed by atoms with van der Waals surface area (Å²) in [6.07, 6.45) is -0.0897. The van der Waals surface area contributed by atoms with Crippen LogP contribution in [0.15, 0.2) is 60.0 Å². The fourth-order valence-electron chi connectivity index (χ4n) is 3.29. The summed E-state index contributed by atoms with van der Waals surface area (Å²) in [7, 11) is -2.87. The highest BCUT2D eigenvalue weighted by molar-refractivity contribution is 7.36. The fraction of sp³-hybridized carbons (Fsp3) is 0.381. The van der Waals surface area contributed by atoms with Gasteiger partial charge in [-0.3, -0.25) is 4.57 Å². The van der Waals surface area contributed by atoms with Crippen LogP contribution in [0, 0.1) is 0 Å². The third-order valence-electron chi connectivity index (χ3n) is 5.22. The van der Waals surface area contributed by atoms with Gasteiger partial charge < -0.3 is 25.5 Å². The molecule has 12 nitrogen and oxygen atoms in total. The normalized spacial score (nSPS) is 22.2. The molecule has 0 spiro atoms. The minimum Gasteiger partial charge on any atom is -0.480 e. The number of anilines is 1. The molecule has 3 rings (SSSR count). The molecule has 2 aromatic rings. The van der Waals surface area contributed by atoms with Gasteiger partial charge in [-0.2, -0.15) is 4.98 Å². The first kappa shape index (κ1) is 25.5. The molecule has 0 bridgehead atoms. The Balaban J connectivity index is 1.74. The first-order chi connectivity index (χ1) is 16.2. The number of carboxylic acid groups (broad SMARTS) is 1. The Morgan fingerprint density at radius 2 is 2.15 bits per heavy atom. The number of carbonyl (C=O) groups is 1. The van der Waals surface area contributed by atoms with E-state index < -0.39 is 43.8 Å². The minimum atomic E-state index is -2.87. The van der Waals surface area contributed by atoms with E-state index in [9.17, 15) is 24.4 Å². The molecule has 0 saturated carbocycles. The summed E-state index contributed by atoms with van der Waals surface area (Å²) in [5.74, 6) is -1.00. The zero-order valence-corrected chi connectivity index (χ0v) is 19.3. The number of aliphatic carboxylic acids is 1. The molecule has 4 N–H and O–H groups in total. The van der Waals surface area contributed by atoms with E-state index in [2.05, 4.69) is 11.6 Å². The molecule has 1 saturated heterocycles. The summed E-state index contributed by atoms with van der Waals surface area (Å²) in [5, 5.41) is 20.2. The topological polar surface area (TPSA) is 166 Å².